The second kappa shape index (κ2) is 9.27. The molecule has 0 aliphatic rings. The molecule has 0 radical (unpaired) electrons. The van der Waals surface area contributed by atoms with Crippen LogP contribution in [0.15, 0.2) is 22.4 Å². The van der Waals surface area contributed by atoms with E-state index in [0.717, 1.165) is 0 Å². The Labute approximate surface area is 143 Å². The van der Waals surface area contributed by atoms with Crippen LogP contribution in [0.3, 0.4) is 0 Å². The highest BCUT2D eigenvalue weighted by Crippen LogP contribution is 2.35. The van der Waals surface area contributed by atoms with Crippen LogP contribution in [0.4, 0.5) is 0 Å². The van der Waals surface area contributed by atoms with E-state index in [0.29, 0.717) is 5.92 Å². The van der Waals surface area contributed by atoms with Crippen LogP contribution in [-0.2, 0) is 0 Å². The molecule has 0 aromatic heterocycles. The Morgan fingerprint density at radius 3 is 1.64 bits per heavy atom. The molecule has 1 unspecified atom stereocenters. The van der Waals surface area contributed by atoms with Crippen LogP contribution in [0.2, 0.25) is 45.3 Å². The first-order chi connectivity index (χ1) is 9.99. The lowest BCUT2D eigenvalue weighted by Crippen LogP contribution is -2.23. The summed E-state index contributed by atoms with van der Waals surface area (Å²) in [5.41, 5.74) is 7.96. The van der Waals surface area contributed by atoms with Crippen molar-refractivity contribution in [2.75, 3.05) is 0 Å². The number of hydrogen-bond donors (Lipinski definition) is 0. The number of allylic oxidation sites excluding steroid dienone is 3. The van der Waals surface area contributed by atoms with Gasteiger partial charge in [-0.3, -0.25) is 0 Å². The van der Waals surface area contributed by atoms with E-state index in [2.05, 4.69) is 72.7 Å². The quantitative estimate of drug-likeness (QED) is 0.298. The second-order valence-corrected chi connectivity index (χ2v) is 19.5. The molecule has 0 saturated heterocycles. The van der Waals surface area contributed by atoms with Crippen LogP contribution < -0.4 is 0 Å². The molecule has 0 spiro atoms. The monoisotopic (exact) mass is 338 g/mol. The average Bonchev–Trinajstić information content (AvgIpc) is 2.38. The molecule has 2 heteroatoms. The molecule has 0 bridgehead atoms. The van der Waals surface area contributed by atoms with Crippen LogP contribution in [0.25, 0.3) is 0 Å². The summed E-state index contributed by atoms with van der Waals surface area (Å²) in [7, 11) is -2.19. The predicted molar refractivity (Wildman–Crippen MR) is 111 cm³/mol. The summed E-state index contributed by atoms with van der Waals surface area (Å²) in [5.74, 6) is 0.702. The maximum Gasteiger partial charge on any atom is 0.0686 e. The Morgan fingerprint density at radius 2 is 1.36 bits per heavy atom. The van der Waals surface area contributed by atoms with Gasteiger partial charge in [-0.25, -0.2) is 0 Å². The van der Waals surface area contributed by atoms with Crippen molar-refractivity contribution in [2.45, 2.75) is 98.7 Å². The molecule has 0 heterocycles. The normalized spacial score (nSPS) is 16.5. The lowest BCUT2D eigenvalue weighted by Gasteiger charge is -2.29. The van der Waals surface area contributed by atoms with Gasteiger partial charge in [0.25, 0.3) is 0 Å². The highest BCUT2D eigenvalue weighted by atomic mass is 28.3. The van der Waals surface area contributed by atoms with Gasteiger partial charge in [-0.1, -0.05) is 89.4 Å². The first kappa shape index (κ1) is 21.9. The summed E-state index contributed by atoms with van der Waals surface area (Å²) in [5, 5.41) is 0. The molecule has 0 rings (SSSR count). The fraction of sp³-hybridized carbons (Fsp3) is 0.800. The van der Waals surface area contributed by atoms with Crippen molar-refractivity contribution in [3.63, 3.8) is 0 Å². The van der Waals surface area contributed by atoms with Crippen molar-refractivity contribution in [3.8, 4) is 0 Å². The third-order valence-corrected chi connectivity index (χ3v) is 7.03. The van der Waals surface area contributed by atoms with Crippen LogP contribution >= 0.6 is 0 Å². The summed E-state index contributed by atoms with van der Waals surface area (Å²) >= 11 is 0. The first-order valence-electron chi connectivity index (χ1n) is 9.41. The minimum atomic E-state index is -1.15. The second-order valence-electron chi connectivity index (χ2n) is 8.97. The van der Waals surface area contributed by atoms with E-state index in [-0.39, 0.29) is 0 Å². The molecule has 1 atom stereocenters. The van der Waals surface area contributed by atoms with Gasteiger partial charge in [0.2, 0.25) is 0 Å². The van der Waals surface area contributed by atoms with E-state index in [9.17, 15) is 0 Å². The van der Waals surface area contributed by atoms with Crippen molar-refractivity contribution in [2.24, 2.45) is 5.92 Å². The molecule has 0 aromatic carbocycles. The smallest absolute Gasteiger partial charge is 0.0686 e. The Hall–Kier alpha value is -0.0862. The maximum absolute atomic E-state index is 2.68. The van der Waals surface area contributed by atoms with Crippen molar-refractivity contribution in [1.82, 2.24) is 0 Å². The highest BCUT2D eigenvalue weighted by Gasteiger charge is 2.23. The molecule has 0 aliphatic carbocycles. The van der Waals surface area contributed by atoms with Crippen LogP contribution in [0, 0.1) is 5.92 Å². The van der Waals surface area contributed by atoms with Crippen molar-refractivity contribution >= 4 is 16.1 Å². The zero-order valence-corrected chi connectivity index (χ0v) is 19.2. The van der Waals surface area contributed by atoms with E-state index in [1.54, 1.807) is 16.7 Å². The van der Waals surface area contributed by atoms with E-state index < -0.39 is 16.1 Å². The molecule has 22 heavy (non-hydrogen) atoms. The molecule has 0 amide bonds. The minimum absolute atomic E-state index is 0.702. The number of hydrogen-bond acceptors (Lipinski definition) is 0. The lowest BCUT2D eigenvalue weighted by molar-refractivity contribution is 0.628. The summed E-state index contributed by atoms with van der Waals surface area (Å²) in [6.07, 6.45) is 4.96. The topological polar surface area (TPSA) is 0 Å². The Balaban J connectivity index is 5.85. The molecule has 0 aliphatic heterocycles. The maximum atomic E-state index is 2.68. The zero-order valence-electron chi connectivity index (χ0n) is 17.2. The van der Waals surface area contributed by atoms with E-state index >= 15 is 0 Å². The summed E-state index contributed by atoms with van der Waals surface area (Å²) in [6.45, 7) is 24.4. The third-order valence-electron chi connectivity index (χ3n) is 4.31. The fourth-order valence-electron chi connectivity index (χ4n) is 3.59. The Morgan fingerprint density at radius 1 is 0.818 bits per heavy atom. The minimum Gasteiger partial charge on any atom is -0.0952 e. The molecular weight excluding hydrogens is 296 g/mol. The Kier molecular flexibility index (Phi) is 9.23. The largest absolute Gasteiger partial charge is 0.0952 e. The molecule has 0 aromatic rings. The fourth-order valence-corrected chi connectivity index (χ4v) is 6.86. The van der Waals surface area contributed by atoms with Gasteiger partial charge in [0.1, 0.15) is 0 Å². The molecule has 130 valence electrons. The van der Waals surface area contributed by atoms with E-state index in [1.807, 2.05) is 0 Å². The van der Waals surface area contributed by atoms with Gasteiger partial charge in [-0.15, -0.1) is 0 Å². The van der Waals surface area contributed by atoms with Gasteiger partial charge in [-0.05, 0) is 31.7 Å². The van der Waals surface area contributed by atoms with Crippen molar-refractivity contribution in [1.29, 1.82) is 0 Å². The van der Waals surface area contributed by atoms with Crippen molar-refractivity contribution in [3.05, 3.63) is 22.4 Å². The first-order valence-corrected chi connectivity index (χ1v) is 16.7. The van der Waals surface area contributed by atoms with Gasteiger partial charge in [0, 0.05) is 14.0 Å². The molecule has 0 fully saturated rings. The Bertz CT molecular complexity index is 389. The van der Waals surface area contributed by atoms with Crippen LogP contribution in [0.5, 0.6) is 0 Å². The molecule has 0 saturated carbocycles. The summed E-state index contributed by atoms with van der Waals surface area (Å²) in [6, 6.07) is 1.38. The van der Waals surface area contributed by atoms with Gasteiger partial charge in [0.05, 0.1) is 8.07 Å². The SMILES string of the molecule is CC/C(=C\[Si](C)(C)C)C(CC)/C(CC)=C(\CC)C[Si](C)(C)C. The third kappa shape index (κ3) is 7.96. The standard InChI is InChI=1S/C20H42Si2/c1-11-17(15-21(5,6)7)19(13-3)20(14-4)18(12-2)16-22(8,9)10/h15,19H,11-14,16H2,1-10H3/b17-15+,20-18+. The molecule has 0 N–H and O–H groups in total. The predicted octanol–water partition coefficient (Wildman–Crippen LogP) is 7.68. The highest BCUT2D eigenvalue weighted by molar-refractivity contribution is 6.81. The van der Waals surface area contributed by atoms with Crippen LogP contribution in [-0.4, -0.2) is 16.1 Å². The van der Waals surface area contributed by atoms with Gasteiger partial charge >= 0.3 is 0 Å². The van der Waals surface area contributed by atoms with Crippen LogP contribution in [0.1, 0.15) is 53.4 Å². The zero-order chi connectivity index (χ0) is 17.6. The van der Waals surface area contributed by atoms with Gasteiger partial charge in [0.15, 0.2) is 0 Å². The lowest BCUT2D eigenvalue weighted by atomic mass is 9.83. The number of rotatable bonds is 9. The van der Waals surface area contributed by atoms with E-state index in [1.165, 1.54) is 31.7 Å². The molecular formula is C20H42Si2. The van der Waals surface area contributed by atoms with Gasteiger partial charge in [-0.2, -0.15) is 0 Å². The molecule has 0 nitrogen and oxygen atoms in total. The summed E-state index contributed by atoms with van der Waals surface area (Å²) < 4.78 is 0. The van der Waals surface area contributed by atoms with Crippen molar-refractivity contribution < 1.29 is 0 Å². The van der Waals surface area contributed by atoms with E-state index in [4.69, 9.17) is 0 Å². The average molecular weight is 339 g/mol. The van der Waals surface area contributed by atoms with Gasteiger partial charge < -0.3 is 0 Å². The summed E-state index contributed by atoms with van der Waals surface area (Å²) in [4.78, 5) is 0.